The van der Waals surface area contributed by atoms with E-state index in [1.807, 2.05) is 60.7 Å². The number of hydrogen-bond acceptors (Lipinski definition) is 4. The maximum Gasteiger partial charge on any atom is 0.339 e. The molecule has 4 aromatic rings. The van der Waals surface area contributed by atoms with Crippen LogP contribution in [-0.2, 0) is 23.2 Å². The Bertz CT molecular complexity index is 1440. The summed E-state index contributed by atoms with van der Waals surface area (Å²) in [7, 11) is 1.66. The van der Waals surface area contributed by atoms with Crippen LogP contribution in [0.2, 0.25) is 0 Å². The highest BCUT2D eigenvalue weighted by atomic mass is 16.5. The second-order valence-electron chi connectivity index (χ2n) is 10.3. The van der Waals surface area contributed by atoms with E-state index in [9.17, 15) is 4.79 Å². The van der Waals surface area contributed by atoms with Gasteiger partial charge in [0.15, 0.2) is 0 Å². The van der Waals surface area contributed by atoms with Crippen molar-refractivity contribution < 1.29 is 14.3 Å². The molecule has 1 aliphatic rings. The Morgan fingerprint density at radius 3 is 2.36 bits per heavy atom. The highest BCUT2D eigenvalue weighted by molar-refractivity contribution is 6.07. The second kappa shape index (κ2) is 9.62. The van der Waals surface area contributed by atoms with Crippen molar-refractivity contribution in [3.05, 3.63) is 106 Å². The summed E-state index contributed by atoms with van der Waals surface area (Å²) >= 11 is 0. The number of para-hydroxylation sites is 1. The Morgan fingerprint density at radius 1 is 0.944 bits per heavy atom. The van der Waals surface area contributed by atoms with Crippen LogP contribution < -0.4 is 4.74 Å². The molecule has 36 heavy (non-hydrogen) atoms. The summed E-state index contributed by atoms with van der Waals surface area (Å²) in [6.07, 6.45) is 3.75. The van der Waals surface area contributed by atoms with Crippen LogP contribution in [0.3, 0.4) is 0 Å². The van der Waals surface area contributed by atoms with Gasteiger partial charge in [-0.3, -0.25) is 0 Å². The zero-order chi connectivity index (χ0) is 25.3. The Labute approximate surface area is 212 Å². The molecule has 0 saturated carbocycles. The molecule has 0 aliphatic heterocycles. The van der Waals surface area contributed by atoms with E-state index in [1.165, 1.54) is 5.56 Å². The fourth-order valence-corrected chi connectivity index (χ4v) is 4.74. The number of pyridine rings is 1. The van der Waals surface area contributed by atoms with Crippen LogP contribution in [0.4, 0.5) is 0 Å². The number of rotatable bonds is 5. The minimum Gasteiger partial charge on any atom is -0.497 e. The highest BCUT2D eigenvalue weighted by Gasteiger charge is 2.27. The predicted molar refractivity (Wildman–Crippen MR) is 145 cm³/mol. The molecule has 5 rings (SSSR count). The molecule has 0 fully saturated rings. The lowest BCUT2D eigenvalue weighted by molar-refractivity contribution is 0.0474. The predicted octanol–water partition coefficient (Wildman–Crippen LogP) is 7.38. The quantitative estimate of drug-likeness (QED) is 0.281. The molecule has 1 heterocycles. The van der Waals surface area contributed by atoms with Gasteiger partial charge in [-0.15, -0.1) is 0 Å². The van der Waals surface area contributed by atoms with Gasteiger partial charge in [-0.1, -0.05) is 75.4 Å². The summed E-state index contributed by atoms with van der Waals surface area (Å²) in [5, 5.41) is 0.843. The maximum absolute atomic E-state index is 13.5. The van der Waals surface area contributed by atoms with Crippen molar-refractivity contribution in [2.24, 2.45) is 0 Å². The first-order valence-corrected chi connectivity index (χ1v) is 12.4. The summed E-state index contributed by atoms with van der Waals surface area (Å²) in [5.74, 6) is 0.529. The van der Waals surface area contributed by atoms with Crippen molar-refractivity contribution in [2.75, 3.05) is 7.11 Å². The summed E-state index contributed by atoms with van der Waals surface area (Å²) < 4.78 is 11.1. The molecule has 0 unspecified atom stereocenters. The van der Waals surface area contributed by atoms with Gasteiger partial charge >= 0.3 is 5.97 Å². The Morgan fingerprint density at radius 2 is 1.67 bits per heavy atom. The molecule has 0 N–H and O–H groups in total. The van der Waals surface area contributed by atoms with Crippen LogP contribution in [-0.4, -0.2) is 18.1 Å². The van der Waals surface area contributed by atoms with Gasteiger partial charge in [-0.05, 0) is 70.4 Å². The van der Waals surface area contributed by atoms with Crippen LogP contribution in [0.15, 0.2) is 72.8 Å². The Balaban J connectivity index is 1.46. The smallest absolute Gasteiger partial charge is 0.339 e. The van der Waals surface area contributed by atoms with Crippen LogP contribution in [0, 0.1) is 0 Å². The van der Waals surface area contributed by atoms with Gasteiger partial charge in [0.1, 0.15) is 12.4 Å². The number of esters is 1. The standard InChI is InChI=1S/C32H31NO3/c1-32(2,3)24-14-9-22(10-15-24)20-36-31(34)29-26-7-5-6-8-28(26)33-30-23(13-18-27(29)30)19-21-11-16-25(35-4)17-12-21/h5-12,14-17,19H,13,18,20H2,1-4H3. The molecule has 0 radical (unpaired) electrons. The number of carbonyl (C=O) groups excluding carboxylic acids is 1. The minimum absolute atomic E-state index is 0.0861. The molecule has 182 valence electrons. The van der Waals surface area contributed by atoms with E-state index in [4.69, 9.17) is 14.5 Å². The van der Waals surface area contributed by atoms with Gasteiger partial charge in [0.25, 0.3) is 0 Å². The topological polar surface area (TPSA) is 48.4 Å². The molecule has 0 amide bonds. The number of nitrogens with zero attached hydrogens (tertiary/aromatic N) is 1. The molecule has 4 nitrogen and oxygen atoms in total. The van der Waals surface area contributed by atoms with Crippen LogP contribution in [0.25, 0.3) is 22.6 Å². The third kappa shape index (κ3) is 4.76. The highest BCUT2D eigenvalue weighted by Crippen LogP contribution is 2.38. The average molecular weight is 478 g/mol. The lowest BCUT2D eigenvalue weighted by atomic mass is 9.87. The molecule has 4 heteroatoms. The minimum atomic E-state index is -0.296. The molecule has 0 bridgehead atoms. The summed E-state index contributed by atoms with van der Waals surface area (Å²) in [6, 6.07) is 24.1. The molecular formula is C32H31NO3. The first-order chi connectivity index (χ1) is 17.3. The molecular weight excluding hydrogens is 446 g/mol. The molecule has 3 aromatic carbocycles. The zero-order valence-corrected chi connectivity index (χ0v) is 21.3. The molecule has 0 atom stereocenters. The van der Waals surface area contributed by atoms with Crippen molar-refractivity contribution in [1.29, 1.82) is 0 Å². The third-order valence-electron chi connectivity index (χ3n) is 6.79. The van der Waals surface area contributed by atoms with E-state index in [2.05, 4.69) is 39.0 Å². The first-order valence-electron chi connectivity index (χ1n) is 12.4. The van der Waals surface area contributed by atoms with Gasteiger partial charge in [0, 0.05) is 5.39 Å². The lowest BCUT2D eigenvalue weighted by Gasteiger charge is -2.19. The summed E-state index contributed by atoms with van der Waals surface area (Å²) in [6.45, 7) is 6.81. The fraction of sp³-hybridized carbons (Fsp3) is 0.250. The van der Waals surface area contributed by atoms with E-state index >= 15 is 0 Å². The van der Waals surface area contributed by atoms with Crippen LogP contribution in [0.1, 0.15) is 65.5 Å². The zero-order valence-electron chi connectivity index (χ0n) is 21.3. The van der Waals surface area contributed by atoms with Gasteiger partial charge < -0.3 is 9.47 Å². The van der Waals surface area contributed by atoms with E-state index in [1.54, 1.807) is 7.11 Å². The fourth-order valence-electron chi connectivity index (χ4n) is 4.74. The van der Waals surface area contributed by atoms with Crippen molar-refractivity contribution >= 4 is 28.5 Å². The number of methoxy groups -OCH3 is 1. The number of carbonyl (C=O) groups is 1. The number of ether oxygens (including phenoxy) is 2. The number of benzene rings is 3. The van der Waals surface area contributed by atoms with E-state index in [-0.39, 0.29) is 18.0 Å². The first kappa shape index (κ1) is 23.8. The van der Waals surface area contributed by atoms with Crippen molar-refractivity contribution in [2.45, 2.75) is 45.6 Å². The summed E-state index contributed by atoms with van der Waals surface area (Å²) in [4.78, 5) is 18.4. The average Bonchev–Trinajstić information content (AvgIpc) is 3.27. The molecule has 0 spiro atoms. The third-order valence-corrected chi connectivity index (χ3v) is 6.79. The van der Waals surface area contributed by atoms with Gasteiger partial charge in [-0.25, -0.2) is 9.78 Å². The lowest BCUT2D eigenvalue weighted by Crippen LogP contribution is -2.12. The number of fused-ring (bicyclic) bond motifs is 2. The van der Waals surface area contributed by atoms with Gasteiger partial charge in [-0.2, -0.15) is 0 Å². The van der Waals surface area contributed by atoms with Gasteiger partial charge in [0.05, 0.1) is 23.9 Å². The maximum atomic E-state index is 13.5. The monoisotopic (exact) mass is 477 g/mol. The number of allylic oxidation sites excluding steroid dienone is 1. The SMILES string of the molecule is COc1ccc(C=C2CCc3c2nc2ccccc2c3C(=O)OCc2ccc(C(C)(C)C)cc2)cc1. The van der Waals surface area contributed by atoms with Gasteiger partial charge in [0.2, 0.25) is 0 Å². The molecule has 1 aliphatic carbocycles. The van der Waals surface area contributed by atoms with E-state index in [0.717, 1.165) is 57.5 Å². The molecule has 1 aromatic heterocycles. The Hall–Kier alpha value is -3.92. The normalized spacial score (nSPS) is 14.2. The van der Waals surface area contributed by atoms with E-state index < -0.39 is 0 Å². The number of hydrogen-bond donors (Lipinski definition) is 0. The van der Waals surface area contributed by atoms with E-state index in [0.29, 0.717) is 5.56 Å². The largest absolute Gasteiger partial charge is 0.497 e. The number of aromatic nitrogens is 1. The van der Waals surface area contributed by atoms with Crippen molar-refractivity contribution in [3.8, 4) is 5.75 Å². The molecule has 0 saturated heterocycles. The summed E-state index contributed by atoms with van der Waals surface area (Å²) in [5.41, 5.74) is 7.85. The van der Waals surface area contributed by atoms with Crippen LogP contribution >= 0.6 is 0 Å². The van der Waals surface area contributed by atoms with Crippen molar-refractivity contribution in [1.82, 2.24) is 4.98 Å². The second-order valence-corrected chi connectivity index (χ2v) is 10.3. The van der Waals surface area contributed by atoms with Crippen LogP contribution in [0.5, 0.6) is 5.75 Å². The Kier molecular flexibility index (Phi) is 6.36. The van der Waals surface area contributed by atoms with Crippen molar-refractivity contribution in [3.63, 3.8) is 0 Å².